The molecule has 0 aromatic carbocycles. The summed E-state index contributed by atoms with van der Waals surface area (Å²) in [5, 5.41) is 3.70. The first-order valence-corrected chi connectivity index (χ1v) is 5.67. The van der Waals surface area contributed by atoms with Gasteiger partial charge in [-0.2, -0.15) is 0 Å². The Kier molecular flexibility index (Phi) is 4.20. The largest absolute Gasteiger partial charge is 0.309 e. The van der Waals surface area contributed by atoms with Crippen LogP contribution in [0.2, 0.25) is 0 Å². The third-order valence-corrected chi connectivity index (χ3v) is 3.10. The van der Waals surface area contributed by atoms with E-state index in [0.717, 1.165) is 18.1 Å². The maximum Gasteiger partial charge on any atom is 0.0325 e. The molecule has 0 bridgehead atoms. The molecule has 0 radical (unpaired) electrons. The maximum atomic E-state index is 3.70. The van der Waals surface area contributed by atoms with Gasteiger partial charge in [0.25, 0.3) is 0 Å². The second-order valence-electron chi connectivity index (χ2n) is 4.42. The number of likely N-dealkylation sites (tertiary alicyclic amines) is 1. The van der Waals surface area contributed by atoms with E-state index in [1.807, 2.05) is 0 Å². The van der Waals surface area contributed by atoms with Crippen molar-refractivity contribution >= 4 is 0 Å². The molecule has 0 aliphatic carbocycles. The van der Waals surface area contributed by atoms with Crippen LogP contribution in [-0.4, -0.2) is 36.1 Å². The number of nitrogens with one attached hydrogen (secondary N) is 1. The van der Waals surface area contributed by atoms with E-state index < -0.39 is 0 Å². The van der Waals surface area contributed by atoms with Crippen molar-refractivity contribution in [3.8, 4) is 0 Å². The fraction of sp³-hybridized carbons (Fsp3) is 1.00. The molecule has 2 heteroatoms. The molecule has 1 heterocycles. The molecule has 0 atom stereocenters. The first-order chi connectivity index (χ1) is 6.17. The minimum Gasteiger partial charge on any atom is -0.309 e. The quantitative estimate of drug-likeness (QED) is 0.701. The van der Waals surface area contributed by atoms with Gasteiger partial charge in [-0.15, -0.1) is 0 Å². The van der Waals surface area contributed by atoms with E-state index in [1.165, 1.54) is 25.9 Å². The van der Waals surface area contributed by atoms with Crippen LogP contribution in [0.1, 0.15) is 40.5 Å². The summed E-state index contributed by atoms with van der Waals surface area (Å²) < 4.78 is 0. The molecule has 78 valence electrons. The van der Waals surface area contributed by atoms with Crippen molar-refractivity contribution in [2.45, 2.75) is 58.7 Å². The highest BCUT2D eigenvalue weighted by Crippen LogP contribution is 2.13. The molecule has 0 saturated carbocycles. The molecule has 2 nitrogen and oxygen atoms in total. The van der Waals surface area contributed by atoms with Crippen molar-refractivity contribution in [1.82, 2.24) is 10.2 Å². The van der Waals surface area contributed by atoms with Crippen LogP contribution >= 0.6 is 0 Å². The summed E-state index contributed by atoms with van der Waals surface area (Å²) in [4.78, 5) is 2.51. The minimum absolute atomic E-state index is 0.722. The minimum atomic E-state index is 0.722. The molecule has 1 rings (SSSR count). The van der Waals surface area contributed by atoms with Crippen molar-refractivity contribution in [2.24, 2.45) is 0 Å². The number of hydrogen-bond acceptors (Lipinski definition) is 2. The Balaban J connectivity index is 2.13. The van der Waals surface area contributed by atoms with Crippen molar-refractivity contribution in [1.29, 1.82) is 0 Å². The lowest BCUT2D eigenvalue weighted by Gasteiger charge is -2.43. The summed E-state index contributed by atoms with van der Waals surface area (Å²) in [5.74, 6) is 0. The highest BCUT2D eigenvalue weighted by molar-refractivity contribution is 4.89. The average molecular weight is 184 g/mol. The molecule has 1 aliphatic heterocycles. The van der Waals surface area contributed by atoms with Gasteiger partial charge >= 0.3 is 0 Å². The molecule has 1 aliphatic rings. The van der Waals surface area contributed by atoms with E-state index in [2.05, 4.69) is 37.9 Å². The smallest absolute Gasteiger partial charge is 0.0325 e. The third-order valence-electron chi connectivity index (χ3n) is 3.10. The fourth-order valence-corrected chi connectivity index (χ4v) is 1.90. The van der Waals surface area contributed by atoms with Crippen molar-refractivity contribution in [3.63, 3.8) is 0 Å². The normalized spacial score (nSPS) is 19.8. The van der Waals surface area contributed by atoms with E-state index in [-0.39, 0.29) is 0 Å². The summed E-state index contributed by atoms with van der Waals surface area (Å²) in [5.41, 5.74) is 0. The molecule has 0 spiro atoms. The zero-order valence-corrected chi connectivity index (χ0v) is 9.51. The second kappa shape index (κ2) is 4.97. The summed E-state index contributed by atoms with van der Waals surface area (Å²) in [7, 11) is 0. The molecule has 1 saturated heterocycles. The Bertz CT molecular complexity index is 135. The molecular formula is C11H24N2. The highest BCUT2D eigenvalue weighted by atomic mass is 15.3. The average Bonchev–Trinajstić information content (AvgIpc) is 2.02. The van der Waals surface area contributed by atoms with Gasteiger partial charge in [-0.05, 0) is 26.7 Å². The van der Waals surface area contributed by atoms with Gasteiger partial charge in [0.05, 0.1) is 0 Å². The van der Waals surface area contributed by atoms with E-state index in [1.54, 1.807) is 0 Å². The van der Waals surface area contributed by atoms with Crippen LogP contribution in [0.5, 0.6) is 0 Å². The Labute approximate surface area is 82.7 Å². The summed E-state index contributed by atoms with van der Waals surface area (Å²) >= 11 is 0. The predicted octanol–water partition coefficient (Wildman–Crippen LogP) is 1.86. The lowest BCUT2D eigenvalue weighted by molar-refractivity contribution is 0.0843. The third kappa shape index (κ3) is 2.96. The van der Waals surface area contributed by atoms with Crippen molar-refractivity contribution in [2.75, 3.05) is 13.1 Å². The Morgan fingerprint density at radius 3 is 2.15 bits per heavy atom. The van der Waals surface area contributed by atoms with Gasteiger partial charge in [0.2, 0.25) is 0 Å². The summed E-state index contributed by atoms with van der Waals surface area (Å²) in [6.07, 6.45) is 2.52. The van der Waals surface area contributed by atoms with Crippen molar-refractivity contribution < 1.29 is 0 Å². The monoisotopic (exact) mass is 184 g/mol. The van der Waals surface area contributed by atoms with Gasteiger partial charge in [-0.25, -0.2) is 0 Å². The van der Waals surface area contributed by atoms with E-state index in [4.69, 9.17) is 0 Å². The zero-order valence-electron chi connectivity index (χ0n) is 9.51. The first kappa shape index (κ1) is 11.0. The van der Waals surface area contributed by atoms with Crippen LogP contribution in [0.25, 0.3) is 0 Å². The van der Waals surface area contributed by atoms with Crippen LogP contribution in [-0.2, 0) is 0 Å². The maximum absolute atomic E-state index is 3.70. The van der Waals surface area contributed by atoms with Gasteiger partial charge in [-0.1, -0.05) is 13.8 Å². The lowest BCUT2D eigenvalue weighted by atomic mass is 10.0. The highest BCUT2D eigenvalue weighted by Gasteiger charge is 2.28. The molecule has 0 amide bonds. The molecule has 1 fully saturated rings. The Morgan fingerprint density at radius 2 is 1.77 bits per heavy atom. The predicted molar refractivity (Wildman–Crippen MR) is 58.0 cm³/mol. The molecule has 1 N–H and O–H groups in total. The lowest BCUT2D eigenvalue weighted by Crippen LogP contribution is -2.61. The SMILES string of the molecule is CCC(CC)NC1CN(C(C)C)C1. The molecule has 0 aromatic heterocycles. The van der Waals surface area contributed by atoms with Gasteiger partial charge in [0, 0.05) is 31.2 Å². The van der Waals surface area contributed by atoms with E-state index in [9.17, 15) is 0 Å². The van der Waals surface area contributed by atoms with Crippen LogP contribution < -0.4 is 5.32 Å². The molecule has 0 aromatic rings. The van der Waals surface area contributed by atoms with Crippen LogP contribution in [0.4, 0.5) is 0 Å². The Hall–Kier alpha value is -0.0800. The number of nitrogens with zero attached hydrogens (tertiary/aromatic N) is 1. The van der Waals surface area contributed by atoms with Crippen LogP contribution in [0.15, 0.2) is 0 Å². The first-order valence-electron chi connectivity index (χ1n) is 5.67. The number of rotatable bonds is 5. The Morgan fingerprint density at radius 1 is 1.23 bits per heavy atom. The fourth-order valence-electron chi connectivity index (χ4n) is 1.90. The topological polar surface area (TPSA) is 15.3 Å². The zero-order chi connectivity index (χ0) is 9.84. The molecular weight excluding hydrogens is 160 g/mol. The molecule has 13 heavy (non-hydrogen) atoms. The second-order valence-corrected chi connectivity index (χ2v) is 4.42. The van der Waals surface area contributed by atoms with E-state index >= 15 is 0 Å². The van der Waals surface area contributed by atoms with Gasteiger partial charge in [-0.3, -0.25) is 4.90 Å². The summed E-state index contributed by atoms with van der Waals surface area (Å²) in [6.45, 7) is 11.6. The van der Waals surface area contributed by atoms with Crippen LogP contribution in [0.3, 0.4) is 0 Å². The van der Waals surface area contributed by atoms with Gasteiger partial charge in [0.15, 0.2) is 0 Å². The van der Waals surface area contributed by atoms with E-state index in [0.29, 0.717) is 0 Å². The number of hydrogen-bond donors (Lipinski definition) is 1. The molecule has 0 unspecified atom stereocenters. The van der Waals surface area contributed by atoms with Crippen molar-refractivity contribution in [3.05, 3.63) is 0 Å². The van der Waals surface area contributed by atoms with Crippen LogP contribution in [0, 0.1) is 0 Å². The van der Waals surface area contributed by atoms with Gasteiger partial charge < -0.3 is 5.32 Å². The van der Waals surface area contributed by atoms with Gasteiger partial charge in [0.1, 0.15) is 0 Å². The summed E-state index contributed by atoms with van der Waals surface area (Å²) in [6, 6.07) is 2.21. The standard InChI is InChI=1S/C11H24N2/c1-5-10(6-2)12-11-7-13(8-11)9(3)4/h9-12H,5-8H2,1-4H3.